The topological polar surface area (TPSA) is 110 Å². The number of ether oxygens (including phenoxy) is 1. The number of unbranched alkanes of at least 4 members (excludes halogenated alkanes) is 7. The van der Waals surface area contributed by atoms with Crippen molar-refractivity contribution in [2.24, 2.45) is 0 Å². The molecule has 0 amide bonds. The van der Waals surface area contributed by atoms with Crippen LogP contribution in [0.3, 0.4) is 0 Å². The van der Waals surface area contributed by atoms with Gasteiger partial charge in [0, 0.05) is 30.6 Å². The van der Waals surface area contributed by atoms with E-state index in [1.807, 2.05) is 20.8 Å². The predicted octanol–water partition coefficient (Wildman–Crippen LogP) is 5.41. The molecule has 1 aromatic carbocycles. The van der Waals surface area contributed by atoms with Crippen molar-refractivity contribution < 1.29 is 27.3 Å². The molecule has 7 nitrogen and oxygen atoms in total. The second-order valence-corrected chi connectivity index (χ2v) is 10.7. The van der Waals surface area contributed by atoms with Gasteiger partial charge in [-0.2, -0.15) is 8.42 Å². The molecule has 0 atom stereocenters. The van der Waals surface area contributed by atoms with E-state index in [0.29, 0.717) is 12.0 Å². The number of esters is 1. The van der Waals surface area contributed by atoms with E-state index in [1.165, 1.54) is 19.3 Å². The summed E-state index contributed by atoms with van der Waals surface area (Å²) in [7, 11) is -4.12. The summed E-state index contributed by atoms with van der Waals surface area (Å²) in [5.41, 5.74) is 0.953. The lowest BCUT2D eigenvalue weighted by Gasteiger charge is -2.19. The number of nitrogens with one attached hydrogen (secondary N) is 1. The van der Waals surface area contributed by atoms with Crippen molar-refractivity contribution in [3.63, 3.8) is 0 Å². The summed E-state index contributed by atoms with van der Waals surface area (Å²) in [6, 6.07) is 6.94. The maximum atomic E-state index is 11.9. The Bertz CT molecular complexity index is 797. The normalized spacial score (nSPS) is 11.9. The Balaban J connectivity index is 2.03. The molecular weight excluding hydrogens is 430 g/mol. The minimum absolute atomic E-state index is 0.108. The second-order valence-electron chi connectivity index (χ2n) is 9.13. The molecule has 8 heteroatoms. The lowest BCUT2D eigenvalue weighted by molar-refractivity contribution is -0.154. The van der Waals surface area contributed by atoms with Gasteiger partial charge in [0.2, 0.25) is 0 Å². The van der Waals surface area contributed by atoms with Crippen LogP contribution in [0.15, 0.2) is 24.3 Å². The molecule has 0 bridgehead atoms. The van der Waals surface area contributed by atoms with Crippen molar-refractivity contribution in [2.45, 2.75) is 90.6 Å². The van der Waals surface area contributed by atoms with Crippen LogP contribution >= 0.6 is 0 Å². The first-order chi connectivity index (χ1) is 15.0. The van der Waals surface area contributed by atoms with Gasteiger partial charge in [-0.15, -0.1) is 0 Å². The van der Waals surface area contributed by atoms with Crippen molar-refractivity contribution in [2.75, 3.05) is 17.6 Å². The average molecular weight is 470 g/mol. The zero-order chi connectivity index (χ0) is 24.0. The summed E-state index contributed by atoms with van der Waals surface area (Å²) in [6.07, 6.45) is 9.18. The maximum absolute atomic E-state index is 11.9. The van der Waals surface area contributed by atoms with Crippen LogP contribution in [0.25, 0.3) is 0 Å². The quantitative estimate of drug-likeness (QED) is 0.144. The minimum atomic E-state index is -4.12. The van der Waals surface area contributed by atoms with Crippen LogP contribution in [0.1, 0.15) is 95.3 Å². The van der Waals surface area contributed by atoms with E-state index >= 15 is 0 Å². The highest BCUT2D eigenvalue weighted by atomic mass is 32.2. The first kappa shape index (κ1) is 28.1. The Morgan fingerprint density at radius 2 is 1.41 bits per heavy atom. The Morgan fingerprint density at radius 3 is 1.94 bits per heavy atom. The maximum Gasteiger partial charge on any atom is 0.306 e. The van der Waals surface area contributed by atoms with Gasteiger partial charge in [0.05, 0.1) is 5.75 Å². The third kappa shape index (κ3) is 15.0. The Hall–Kier alpha value is -1.93. The highest BCUT2D eigenvalue weighted by molar-refractivity contribution is 7.85. The van der Waals surface area contributed by atoms with Crippen molar-refractivity contribution >= 4 is 27.6 Å². The number of carbonyl (C=O) groups excluding carboxylic acids is 2. The molecule has 0 aromatic heterocycles. The summed E-state index contributed by atoms with van der Waals surface area (Å²) in [4.78, 5) is 23.5. The zero-order valence-electron chi connectivity index (χ0n) is 19.7. The van der Waals surface area contributed by atoms with E-state index < -0.39 is 21.5 Å². The van der Waals surface area contributed by atoms with E-state index in [9.17, 15) is 18.0 Å². The molecule has 0 saturated carbocycles. The van der Waals surface area contributed by atoms with E-state index in [-0.39, 0.29) is 18.2 Å². The van der Waals surface area contributed by atoms with Gasteiger partial charge in [-0.25, -0.2) is 0 Å². The number of hydrogen-bond donors (Lipinski definition) is 2. The summed E-state index contributed by atoms with van der Waals surface area (Å²) in [5.74, 6) is -0.972. The standard InChI is InChI=1S/C24H39NO6S/c1-24(2,3)31-23(27)12-10-8-6-4-5-7-9-11-18-25-21-15-13-20(14-16-21)22(26)17-19-32(28,29)30/h13-16,25H,4-12,17-19H2,1-3H3,(H,28,29,30). The SMILES string of the molecule is CC(C)(C)OC(=O)CCCCCCCCCCNc1ccc(C(=O)CCS(=O)(=O)O)cc1. The molecule has 2 N–H and O–H groups in total. The first-order valence-corrected chi connectivity index (χ1v) is 13.1. The number of carbonyl (C=O) groups is 2. The fraction of sp³-hybridized carbons (Fsp3) is 0.667. The van der Waals surface area contributed by atoms with Crippen LogP contribution < -0.4 is 5.32 Å². The van der Waals surface area contributed by atoms with Crippen molar-refractivity contribution in [1.29, 1.82) is 0 Å². The molecule has 0 unspecified atom stereocenters. The fourth-order valence-corrected chi connectivity index (χ4v) is 3.66. The van der Waals surface area contributed by atoms with Gasteiger partial charge in [-0.05, 0) is 57.9 Å². The molecule has 1 aromatic rings. The van der Waals surface area contributed by atoms with Crippen LogP contribution in [0.4, 0.5) is 5.69 Å². The van der Waals surface area contributed by atoms with Gasteiger partial charge < -0.3 is 10.1 Å². The average Bonchev–Trinajstić information content (AvgIpc) is 2.68. The van der Waals surface area contributed by atoms with Crippen molar-refractivity contribution in [1.82, 2.24) is 0 Å². The predicted molar refractivity (Wildman–Crippen MR) is 128 cm³/mol. The number of hydrogen-bond acceptors (Lipinski definition) is 6. The van der Waals surface area contributed by atoms with Gasteiger partial charge in [0.25, 0.3) is 10.1 Å². The summed E-state index contributed by atoms with van der Waals surface area (Å²) >= 11 is 0. The molecule has 32 heavy (non-hydrogen) atoms. The van der Waals surface area contributed by atoms with Crippen LogP contribution in [0.2, 0.25) is 0 Å². The van der Waals surface area contributed by atoms with E-state index in [1.54, 1.807) is 24.3 Å². The van der Waals surface area contributed by atoms with Crippen molar-refractivity contribution in [3.8, 4) is 0 Å². The Kier molecular flexibility index (Phi) is 12.5. The Morgan fingerprint density at radius 1 is 0.875 bits per heavy atom. The molecule has 0 heterocycles. The molecular formula is C24H39NO6S. The van der Waals surface area contributed by atoms with Gasteiger partial charge in [0.15, 0.2) is 5.78 Å². The number of anilines is 1. The number of Topliss-reactive ketones (excluding diaryl/α,β-unsaturated/α-hetero) is 1. The van der Waals surface area contributed by atoms with Gasteiger partial charge in [0.1, 0.15) is 5.60 Å². The molecule has 0 radical (unpaired) electrons. The summed E-state index contributed by atoms with van der Waals surface area (Å²) < 4.78 is 35.5. The minimum Gasteiger partial charge on any atom is -0.460 e. The zero-order valence-corrected chi connectivity index (χ0v) is 20.5. The van der Waals surface area contributed by atoms with Crippen LogP contribution in [-0.4, -0.2) is 42.6 Å². The number of ketones is 1. The molecule has 1 rings (SSSR count). The van der Waals surface area contributed by atoms with E-state index in [0.717, 1.165) is 44.3 Å². The molecule has 0 spiro atoms. The largest absolute Gasteiger partial charge is 0.460 e. The highest BCUT2D eigenvalue weighted by Crippen LogP contribution is 2.14. The summed E-state index contributed by atoms with van der Waals surface area (Å²) in [6.45, 7) is 6.51. The second kappa shape index (κ2) is 14.3. The fourth-order valence-electron chi connectivity index (χ4n) is 3.22. The monoisotopic (exact) mass is 469 g/mol. The number of rotatable bonds is 16. The van der Waals surface area contributed by atoms with Crippen molar-refractivity contribution in [3.05, 3.63) is 29.8 Å². The summed E-state index contributed by atoms with van der Waals surface area (Å²) in [5, 5.41) is 3.32. The van der Waals surface area contributed by atoms with Crippen LogP contribution in [0, 0.1) is 0 Å². The molecule has 0 aliphatic rings. The molecule has 0 saturated heterocycles. The third-order valence-corrected chi connectivity index (χ3v) is 5.57. The Labute approximate surface area is 193 Å². The van der Waals surface area contributed by atoms with E-state index in [2.05, 4.69) is 5.32 Å². The van der Waals surface area contributed by atoms with Gasteiger partial charge >= 0.3 is 5.97 Å². The van der Waals surface area contributed by atoms with Crippen LogP contribution in [-0.2, 0) is 19.6 Å². The molecule has 0 aliphatic heterocycles. The molecule has 0 aliphatic carbocycles. The first-order valence-electron chi connectivity index (χ1n) is 11.5. The van der Waals surface area contributed by atoms with E-state index in [4.69, 9.17) is 9.29 Å². The molecule has 182 valence electrons. The van der Waals surface area contributed by atoms with Gasteiger partial charge in [-0.1, -0.05) is 38.5 Å². The smallest absolute Gasteiger partial charge is 0.306 e. The lowest BCUT2D eigenvalue weighted by atomic mass is 10.1. The van der Waals surface area contributed by atoms with Gasteiger partial charge in [-0.3, -0.25) is 14.1 Å². The number of benzene rings is 1. The third-order valence-electron chi connectivity index (χ3n) is 4.85. The van der Waals surface area contributed by atoms with Crippen LogP contribution in [0.5, 0.6) is 0 Å². The molecule has 0 fully saturated rings. The lowest BCUT2D eigenvalue weighted by Crippen LogP contribution is -2.23. The highest BCUT2D eigenvalue weighted by Gasteiger charge is 2.15.